The van der Waals surface area contributed by atoms with E-state index in [2.05, 4.69) is 0 Å². The molecule has 1 fully saturated rings. The second kappa shape index (κ2) is 9.90. The van der Waals surface area contributed by atoms with Gasteiger partial charge in [0.05, 0.1) is 11.4 Å². The van der Waals surface area contributed by atoms with E-state index in [4.69, 9.17) is 0 Å². The normalized spacial score (nSPS) is 16.7. The number of rotatable bonds is 8. The van der Waals surface area contributed by atoms with E-state index in [1.54, 1.807) is 29.2 Å². The number of sulfonamides is 1. The standard InChI is InChI=1S/C19H28F3N3O3S/c1-3-4-9-24(15-19(20,21)22)18(26)14-23-10-12-25(13-11-23)29(27,28)17-7-5-16(2)6-8-17/h5-8H,3-4,9-15H2,1-2H3. The lowest BCUT2D eigenvalue weighted by Gasteiger charge is -2.35. The van der Waals surface area contributed by atoms with Gasteiger partial charge in [-0.15, -0.1) is 0 Å². The highest BCUT2D eigenvalue weighted by molar-refractivity contribution is 7.89. The van der Waals surface area contributed by atoms with Gasteiger partial charge >= 0.3 is 6.18 Å². The molecule has 29 heavy (non-hydrogen) atoms. The zero-order valence-corrected chi connectivity index (χ0v) is 17.6. The molecule has 6 nitrogen and oxygen atoms in total. The fourth-order valence-electron chi connectivity index (χ4n) is 3.14. The van der Waals surface area contributed by atoms with Gasteiger partial charge in [0.15, 0.2) is 0 Å². The third kappa shape index (κ3) is 6.97. The van der Waals surface area contributed by atoms with Gasteiger partial charge in [0.1, 0.15) is 6.54 Å². The van der Waals surface area contributed by atoms with Crippen molar-refractivity contribution in [3.8, 4) is 0 Å². The van der Waals surface area contributed by atoms with Crippen molar-refractivity contribution in [3.63, 3.8) is 0 Å². The molecule has 1 aliphatic heterocycles. The second-order valence-corrected chi connectivity index (χ2v) is 9.22. The number of amides is 1. The van der Waals surface area contributed by atoms with Gasteiger partial charge in [-0.2, -0.15) is 17.5 Å². The Bertz CT molecular complexity index is 774. The number of nitrogens with zero attached hydrogens (tertiary/aromatic N) is 3. The molecule has 0 spiro atoms. The highest BCUT2D eigenvalue weighted by Gasteiger charge is 2.34. The first kappa shape index (κ1) is 23.6. The van der Waals surface area contributed by atoms with Crippen LogP contribution < -0.4 is 0 Å². The van der Waals surface area contributed by atoms with Crippen LogP contribution in [0.2, 0.25) is 0 Å². The molecule has 0 aromatic heterocycles. The van der Waals surface area contributed by atoms with Crippen molar-refractivity contribution in [1.82, 2.24) is 14.1 Å². The van der Waals surface area contributed by atoms with E-state index in [0.717, 1.165) is 10.5 Å². The summed E-state index contributed by atoms with van der Waals surface area (Å²) >= 11 is 0. The fraction of sp³-hybridized carbons (Fsp3) is 0.632. The second-order valence-electron chi connectivity index (χ2n) is 7.28. The Hall–Kier alpha value is -1.65. The predicted octanol–water partition coefficient (Wildman–Crippen LogP) is 2.49. The summed E-state index contributed by atoms with van der Waals surface area (Å²) in [6.45, 7) is 3.37. The topological polar surface area (TPSA) is 60.9 Å². The van der Waals surface area contributed by atoms with E-state index in [0.29, 0.717) is 25.9 Å². The first-order chi connectivity index (χ1) is 13.5. The molecule has 0 atom stereocenters. The molecule has 164 valence electrons. The summed E-state index contributed by atoms with van der Waals surface area (Å²) in [6.07, 6.45) is -3.24. The van der Waals surface area contributed by atoms with Gasteiger partial charge in [-0.25, -0.2) is 8.42 Å². The molecule has 0 radical (unpaired) electrons. The first-order valence-electron chi connectivity index (χ1n) is 9.66. The largest absolute Gasteiger partial charge is 0.406 e. The van der Waals surface area contributed by atoms with Crippen molar-refractivity contribution >= 4 is 15.9 Å². The monoisotopic (exact) mass is 435 g/mol. The number of carbonyl (C=O) groups is 1. The van der Waals surface area contributed by atoms with Crippen LogP contribution in [0.15, 0.2) is 29.2 Å². The summed E-state index contributed by atoms with van der Waals surface area (Å²) in [5.74, 6) is -0.578. The molecular weight excluding hydrogens is 407 g/mol. The van der Waals surface area contributed by atoms with Crippen LogP contribution in [0.25, 0.3) is 0 Å². The molecule has 1 saturated heterocycles. The summed E-state index contributed by atoms with van der Waals surface area (Å²) < 4.78 is 65.1. The Morgan fingerprint density at radius 2 is 1.69 bits per heavy atom. The van der Waals surface area contributed by atoms with Crippen molar-refractivity contribution in [2.45, 2.75) is 37.8 Å². The summed E-state index contributed by atoms with van der Waals surface area (Å²) in [4.78, 5) is 15.1. The molecular formula is C19H28F3N3O3S. The lowest BCUT2D eigenvalue weighted by atomic mass is 10.2. The van der Waals surface area contributed by atoms with Gasteiger partial charge in [0.25, 0.3) is 0 Å². The molecule has 1 aromatic carbocycles. The van der Waals surface area contributed by atoms with Crippen LogP contribution in [-0.4, -0.2) is 80.4 Å². The minimum atomic E-state index is -4.44. The molecule has 0 saturated carbocycles. The number of aryl methyl sites for hydroxylation is 1. The van der Waals surface area contributed by atoms with Crippen molar-refractivity contribution in [1.29, 1.82) is 0 Å². The van der Waals surface area contributed by atoms with Crippen molar-refractivity contribution in [2.75, 3.05) is 45.8 Å². The zero-order valence-electron chi connectivity index (χ0n) is 16.8. The van der Waals surface area contributed by atoms with Crippen LogP contribution in [0.1, 0.15) is 25.3 Å². The van der Waals surface area contributed by atoms with Crippen LogP contribution in [0.4, 0.5) is 13.2 Å². The van der Waals surface area contributed by atoms with Crippen molar-refractivity contribution in [3.05, 3.63) is 29.8 Å². The fourth-order valence-corrected chi connectivity index (χ4v) is 4.56. The molecule has 2 rings (SSSR count). The van der Waals surface area contributed by atoms with Gasteiger partial charge in [-0.3, -0.25) is 9.69 Å². The number of piperazine rings is 1. The van der Waals surface area contributed by atoms with Crippen molar-refractivity contribution < 1.29 is 26.4 Å². The van der Waals surface area contributed by atoms with E-state index in [9.17, 15) is 26.4 Å². The zero-order chi connectivity index (χ0) is 21.7. The summed E-state index contributed by atoms with van der Waals surface area (Å²) in [7, 11) is -3.62. The van der Waals surface area contributed by atoms with Gasteiger partial charge < -0.3 is 4.90 Å². The highest BCUT2D eigenvalue weighted by atomic mass is 32.2. The molecule has 1 heterocycles. The average Bonchev–Trinajstić information content (AvgIpc) is 2.65. The number of unbranched alkanes of at least 4 members (excludes halogenated alkanes) is 1. The maximum absolute atomic E-state index is 12.8. The van der Waals surface area contributed by atoms with Gasteiger partial charge in [0.2, 0.25) is 15.9 Å². The Morgan fingerprint density at radius 1 is 1.10 bits per heavy atom. The van der Waals surface area contributed by atoms with E-state index in [1.165, 1.54) is 4.31 Å². The van der Waals surface area contributed by atoms with Gasteiger partial charge in [-0.05, 0) is 25.5 Å². The Kier molecular flexibility index (Phi) is 8.07. The third-order valence-electron chi connectivity index (χ3n) is 4.85. The average molecular weight is 436 g/mol. The lowest BCUT2D eigenvalue weighted by Crippen LogP contribution is -2.52. The molecule has 0 unspecified atom stereocenters. The maximum atomic E-state index is 12.8. The van der Waals surface area contributed by atoms with Crippen LogP contribution in [0.3, 0.4) is 0 Å². The number of benzene rings is 1. The number of alkyl halides is 3. The first-order valence-corrected chi connectivity index (χ1v) is 11.1. The van der Waals surface area contributed by atoms with E-state index in [-0.39, 0.29) is 31.1 Å². The summed E-state index contributed by atoms with van der Waals surface area (Å²) in [6, 6.07) is 6.58. The summed E-state index contributed by atoms with van der Waals surface area (Å²) in [5, 5.41) is 0. The molecule has 0 aliphatic carbocycles. The smallest absolute Gasteiger partial charge is 0.332 e. The quantitative estimate of drug-likeness (QED) is 0.630. The molecule has 10 heteroatoms. The molecule has 0 N–H and O–H groups in total. The van der Waals surface area contributed by atoms with Crippen molar-refractivity contribution in [2.24, 2.45) is 0 Å². The SMILES string of the molecule is CCCCN(CC(F)(F)F)C(=O)CN1CCN(S(=O)(=O)c2ccc(C)cc2)CC1. The number of halogens is 3. The minimum Gasteiger partial charge on any atom is -0.332 e. The predicted molar refractivity (Wildman–Crippen MR) is 104 cm³/mol. The van der Waals surface area contributed by atoms with E-state index in [1.807, 2.05) is 13.8 Å². The van der Waals surface area contributed by atoms with Crippen LogP contribution >= 0.6 is 0 Å². The van der Waals surface area contributed by atoms with Gasteiger partial charge in [-0.1, -0.05) is 31.0 Å². The Balaban J connectivity index is 1.94. The molecule has 1 aromatic rings. The van der Waals surface area contributed by atoms with Crippen LogP contribution in [0, 0.1) is 6.92 Å². The van der Waals surface area contributed by atoms with Crippen LogP contribution in [0.5, 0.6) is 0 Å². The molecule has 1 amide bonds. The maximum Gasteiger partial charge on any atom is 0.406 e. The highest BCUT2D eigenvalue weighted by Crippen LogP contribution is 2.19. The van der Waals surface area contributed by atoms with E-state index >= 15 is 0 Å². The third-order valence-corrected chi connectivity index (χ3v) is 6.77. The van der Waals surface area contributed by atoms with Gasteiger partial charge in [0, 0.05) is 32.7 Å². The summed E-state index contributed by atoms with van der Waals surface area (Å²) in [5.41, 5.74) is 0.957. The number of carbonyl (C=O) groups excluding carboxylic acids is 1. The van der Waals surface area contributed by atoms with Crippen LogP contribution in [-0.2, 0) is 14.8 Å². The minimum absolute atomic E-state index is 0.0661. The van der Waals surface area contributed by atoms with E-state index < -0.39 is 28.7 Å². The lowest BCUT2D eigenvalue weighted by molar-refractivity contribution is -0.162. The molecule has 0 bridgehead atoms. The Morgan fingerprint density at radius 3 is 2.21 bits per heavy atom. The number of hydrogen-bond acceptors (Lipinski definition) is 4. The number of hydrogen-bond donors (Lipinski definition) is 0. The molecule has 1 aliphatic rings. The Labute approximate surface area is 170 Å².